The molecule has 0 aliphatic heterocycles. The van der Waals surface area contributed by atoms with Gasteiger partial charge in [0.25, 0.3) is 0 Å². The number of hydrogen-bond donors (Lipinski definition) is 1. The van der Waals surface area contributed by atoms with Gasteiger partial charge >= 0.3 is 0 Å². The molecule has 0 aliphatic carbocycles. The molecule has 0 aromatic carbocycles. The number of rotatable bonds is 16. The third-order valence-electron chi connectivity index (χ3n) is 5.39. The Morgan fingerprint density at radius 1 is 0.682 bits per heavy atom. The number of unbranched alkanes of at least 4 members (excludes halogenated alkanes) is 11. The van der Waals surface area contributed by atoms with Crippen molar-refractivity contribution in [3.8, 4) is 0 Å². The van der Waals surface area contributed by atoms with Crippen molar-refractivity contribution in [1.82, 2.24) is 0 Å². The highest BCUT2D eigenvalue weighted by atomic mass is 16.1. The largest absolute Gasteiger partial charge is 0.369 e. The highest BCUT2D eigenvalue weighted by molar-refractivity contribution is 5.80. The third-order valence-corrected chi connectivity index (χ3v) is 5.39. The van der Waals surface area contributed by atoms with Gasteiger partial charge in [0.2, 0.25) is 5.91 Å². The second-order valence-electron chi connectivity index (χ2n) is 6.99. The summed E-state index contributed by atoms with van der Waals surface area (Å²) in [6.07, 6.45) is 19.1. The molecule has 22 heavy (non-hydrogen) atoms. The van der Waals surface area contributed by atoms with E-state index >= 15 is 0 Å². The lowest BCUT2D eigenvalue weighted by molar-refractivity contribution is -0.128. The van der Waals surface area contributed by atoms with Crippen LogP contribution in [0.1, 0.15) is 117 Å². The molecule has 0 unspecified atom stereocenters. The lowest BCUT2D eigenvalue weighted by Crippen LogP contribution is -2.36. The minimum absolute atomic E-state index is 0.0967. The molecule has 0 atom stereocenters. The van der Waals surface area contributed by atoms with Gasteiger partial charge in [0, 0.05) is 5.41 Å². The molecule has 0 bridgehead atoms. The Morgan fingerprint density at radius 3 is 1.36 bits per heavy atom. The molecule has 0 radical (unpaired) electrons. The molecule has 0 saturated heterocycles. The first-order valence-electron chi connectivity index (χ1n) is 9.92. The molecule has 132 valence electrons. The Morgan fingerprint density at radius 2 is 1.05 bits per heavy atom. The monoisotopic (exact) mass is 311 g/mol. The Balaban J connectivity index is 3.44. The fourth-order valence-electron chi connectivity index (χ4n) is 3.38. The van der Waals surface area contributed by atoms with Crippen LogP contribution in [0.3, 0.4) is 0 Å². The van der Waals surface area contributed by atoms with Crippen molar-refractivity contribution in [3.05, 3.63) is 0 Å². The Bertz CT molecular complexity index is 258. The highest BCUT2D eigenvalue weighted by Gasteiger charge is 2.31. The molecule has 2 N–H and O–H groups in total. The average Bonchev–Trinajstić information content (AvgIpc) is 2.52. The van der Waals surface area contributed by atoms with E-state index < -0.39 is 0 Å². The maximum atomic E-state index is 11.6. The number of carbonyl (C=O) groups is 1. The van der Waals surface area contributed by atoms with Gasteiger partial charge in [-0.25, -0.2) is 0 Å². The number of carbonyl (C=O) groups excluding carboxylic acids is 1. The zero-order valence-electron chi connectivity index (χ0n) is 15.6. The quantitative estimate of drug-likeness (QED) is 0.331. The van der Waals surface area contributed by atoms with Gasteiger partial charge < -0.3 is 5.73 Å². The van der Waals surface area contributed by atoms with Gasteiger partial charge in [-0.05, 0) is 19.3 Å². The third kappa shape index (κ3) is 9.48. The summed E-state index contributed by atoms with van der Waals surface area (Å²) >= 11 is 0. The van der Waals surface area contributed by atoms with Crippen LogP contribution in [0.5, 0.6) is 0 Å². The van der Waals surface area contributed by atoms with Crippen LogP contribution >= 0.6 is 0 Å². The Labute approximate surface area is 139 Å². The lowest BCUT2D eigenvalue weighted by atomic mass is 9.77. The molecule has 2 heteroatoms. The molecule has 0 saturated carbocycles. The van der Waals surface area contributed by atoms with E-state index in [2.05, 4.69) is 20.8 Å². The number of nitrogens with two attached hydrogens (primary N) is 1. The topological polar surface area (TPSA) is 43.1 Å². The van der Waals surface area contributed by atoms with E-state index in [1.807, 2.05) is 0 Å². The van der Waals surface area contributed by atoms with Crippen LogP contribution in [-0.4, -0.2) is 5.91 Å². The molecule has 0 heterocycles. The molecular formula is C20H41NO. The van der Waals surface area contributed by atoms with Crippen LogP contribution in [0.15, 0.2) is 0 Å². The summed E-state index contributed by atoms with van der Waals surface area (Å²) in [6, 6.07) is 0. The molecule has 0 aliphatic rings. The van der Waals surface area contributed by atoms with E-state index in [0.717, 1.165) is 25.7 Å². The first-order valence-corrected chi connectivity index (χ1v) is 9.92. The van der Waals surface area contributed by atoms with Crippen molar-refractivity contribution in [2.45, 2.75) is 117 Å². The van der Waals surface area contributed by atoms with Gasteiger partial charge in [0.1, 0.15) is 0 Å². The van der Waals surface area contributed by atoms with Crippen LogP contribution in [0.25, 0.3) is 0 Å². The molecule has 2 nitrogen and oxygen atoms in total. The molecule has 1 amide bonds. The maximum absolute atomic E-state index is 11.6. The van der Waals surface area contributed by atoms with E-state index in [1.165, 1.54) is 70.6 Å². The summed E-state index contributed by atoms with van der Waals surface area (Å²) in [4.78, 5) is 11.6. The summed E-state index contributed by atoms with van der Waals surface area (Å²) in [7, 11) is 0. The first kappa shape index (κ1) is 21.5. The van der Waals surface area contributed by atoms with Crippen molar-refractivity contribution in [2.24, 2.45) is 11.1 Å². The van der Waals surface area contributed by atoms with Gasteiger partial charge in [-0.2, -0.15) is 0 Å². The summed E-state index contributed by atoms with van der Waals surface area (Å²) in [6.45, 7) is 6.46. The van der Waals surface area contributed by atoms with Crippen LogP contribution in [0, 0.1) is 5.41 Å². The zero-order valence-corrected chi connectivity index (χ0v) is 15.6. The van der Waals surface area contributed by atoms with Gasteiger partial charge in [-0.15, -0.1) is 0 Å². The first-order chi connectivity index (χ1) is 10.6. The molecule has 0 aromatic rings. The number of primary amides is 1. The summed E-state index contributed by atoms with van der Waals surface area (Å²) < 4.78 is 0. The van der Waals surface area contributed by atoms with E-state index in [-0.39, 0.29) is 11.3 Å². The average molecular weight is 312 g/mol. The lowest BCUT2D eigenvalue weighted by Gasteiger charge is -2.27. The van der Waals surface area contributed by atoms with Crippen LogP contribution in [-0.2, 0) is 4.79 Å². The van der Waals surface area contributed by atoms with Crippen molar-refractivity contribution >= 4 is 5.91 Å². The van der Waals surface area contributed by atoms with Gasteiger partial charge in [-0.1, -0.05) is 97.8 Å². The summed E-state index contributed by atoms with van der Waals surface area (Å²) in [5.41, 5.74) is 5.36. The molecule has 0 aromatic heterocycles. The minimum atomic E-state index is -0.238. The summed E-state index contributed by atoms with van der Waals surface area (Å²) in [5, 5.41) is 0. The number of hydrogen-bond acceptors (Lipinski definition) is 1. The Hall–Kier alpha value is -0.530. The van der Waals surface area contributed by atoms with Gasteiger partial charge in [-0.3, -0.25) is 4.79 Å². The van der Waals surface area contributed by atoms with Crippen LogP contribution < -0.4 is 5.73 Å². The Kier molecular flexibility index (Phi) is 13.7. The SMILES string of the molecule is CCCCCCCCCCCCCCC(CC)(CC)C(N)=O. The predicted molar refractivity (Wildman–Crippen MR) is 97.9 cm³/mol. The van der Waals surface area contributed by atoms with E-state index in [0.29, 0.717) is 0 Å². The zero-order chi connectivity index (χ0) is 16.7. The number of amides is 1. The van der Waals surface area contributed by atoms with E-state index in [4.69, 9.17) is 5.73 Å². The molecule has 0 fully saturated rings. The minimum Gasteiger partial charge on any atom is -0.369 e. The second kappa shape index (κ2) is 14.1. The van der Waals surface area contributed by atoms with Crippen molar-refractivity contribution in [2.75, 3.05) is 0 Å². The van der Waals surface area contributed by atoms with E-state index in [1.54, 1.807) is 0 Å². The molecule has 0 spiro atoms. The molecular weight excluding hydrogens is 270 g/mol. The fraction of sp³-hybridized carbons (Fsp3) is 0.950. The highest BCUT2D eigenvalue weighted by Crippen LogP contribution is 2.32. The maximum Gasteiger partial charge on any atom is 0.223 e. The van der Waals surface area contributed by atoms with Crippen LogP contribution in [0.2, 0.25) is 0 Å². The predicted octanol–water partition coefficient (Wildman–Crippen LogP) is 6.37. The van der Waals surface area contributed by atoms with Gasteiger partial charge in [0.05, 0.1) is 0 Å². The van der Waals surface area contributed by atoms with Crippen molar-refractivity contribution in [1.29, 1.82) is 0 Å². The van der Waals surface area contributed by atoms with E-state index in [9.17, 15) is 4.79 Å². The second-order valence-corrected chi connectivity index (χ2v) is 6.99. The fourth-order valence-corrected chi connectivity index (χ4v) is 3.38. The molecule has 0 rings (SSSR count). The van der Waals surface area contributed by atoms with Crippen molar-refractivity contribution in [3.63, 3.8) is 0 Å². The standard InChI is InChI=1S/C20H41NO/c1-4-7-8-9-10-11-12-13-14-15-16-17-18-20(5-2,6-3)19(21)22/h4-18H2,1-3H3,(H2,21,22). The smallest absolute Gasteiger partial charge is 0.223 e. The van der Waals surface area contributed by atoms with Crippen LogP contribution in [0.4, 0.5) is 0 Å². The van der Waals surface area contributed by atoms with Gasteiger partial charge in [0.15, 0.2) is 0 Å². The van der Waals surface area contributed by atoms with Crippen molar-refractivity contribution < 1.29 is 4.79 Å². The normalized spacial score (nSPS) is 11.8. The summed E-state index contributed by atoms with van der Waals surface area (Å²) in [5.74, 6) is -0.0967.